The Balaban J connectivity index is 1.79. The number of nitrogens with one attached hydrogen (secondary N) is 1. The van der Waals surface area contributed by atoms with Crippen LogP contribution < -0.4 is 5.32 Å². The molecule has 2 aromatic heterocycles. The third kappa shape index (κ3) is 3.21. The second kappa shape index (κ2) is 6.60. The predicted octanol–water partition coefficient (Wildman–Crippen LogP) is 4.26. The number of nitrogens with zero attached hydrogens (tertiary/aromatic N) is 2. The summed E-state index contributed by atoms with van der Waals surface area (Å²) in [5, 5.41) is 8.96. The van der Waals surface area contributed by atoms with E-state index in [2.05, 4.69) is 28.4 Å². The number of benzene rings is 1. The average molecular weight is 334 g/mol. The number of likely N-dealkylation sites (N-methyl/N-ethyl adjacent to an activating group) is 1. The first-order valence-corrected chi connectivity index (χ1v) is 8.22. The van der Waals surface area contributed by atoms with Gasteiger partial charge in [0, 0.05) is 33.5 Å². The van der Waals surface area contributed by atoms with Crippen molar-refractivity contribution >= 4 is 45.2 Å². The fraction of sp³-hybridized carbons (Fsp3) is 0.250. The summed E-state index contributed by atoms with van der Waals surface area (Å²) in [7, 11) is 1.91. The molecule has 0 aliphatic rings. The second-order valence-corrected chi connectivity index (χ2v) is 6.51. The van der Waals surface area contributed by atoms with E-state index in [1.807, 2.05) is 31.3 Å². The van der Waals surface area contributed by atoms with Gasteiger partial charge in [-0.2, -0.15) is 4.98 Å². The van der Waals surface area contributed by atoms with Crippen LogP contribution in [0.4, 0.5) is 0 Å². The molecule has 1 unspecified atom stereocenters. The molecule has 2 heterocycles. The van der Waals surface area contributed by atoms with Gasteiger partial charge in [0.2, 0.25) is 0 Å². The molecule has 1 atom stereocenters. The van der Waals surface area contributed by atoms with E-state index in [1.54, 1.807) is 17.4 Å². The summed E-state index contributed by atoms with van der Waals surface area (Å²) in [6, 6.07) is 8.39. The molecule has 0 spiro atoms. The molecule has 0 amide bonds. The molecule has 6 heteroatoms. The Morgan fingerprint density at radius 3 is 2.95 bits per heavy atom. The molecule has 1 aromatic carbocycles. The van der Waals surface area contributed by atoms with Gasteiger partial charge in [0.15, 0.2) is 5.82 Å². The van der Waals surface area contributed by atoms with Crippen molar-refractivity contribution in [3.05, 3.63) is 45.9 Å². The van der Waals surface area contributed by atoms with Gasteiger partial charge in [0.1, 0.15) is 0 Å². The standard InChI is InChI=1S/C16H16ClN3OS/c1-10(18-2)9-14-19-15(21-20-14)8-7-13-16(17)11-5-3-4-6-12(11)22-13/h3-8,10,18H,9H2,1-2H3/b8-7+. The van der Waals surface area contributed by atoms with E-state index in [-0.39, 0.29) is 0 Å². The summed E-state index contributed by atoms with van der Waals surface area (Å²) in [5.41, 5.74) is 0. The number of thiophene rings is 1. The summed E-state index contributed by atoms with van der Waals surface area (Å²) in [6.45, 7) is 2.07. The fourth-order valence-corrected chi connectivity index (χ4v) is 3.48. The van der Waals surface area contributed by atoms with E-state index in [9.17, 15) is 0 Å². The van der Waals surface area contributed by atoms with Crippen LogP contribution in [0.25, 0.3) is 22.2 Å². The van der Waals surface area contributed by atoms with Gasteiger partial charge in [0.25, 0.3) is 5.89 Å². The third-order valence-electron chi connectivity index (χ3n) is 3.40. The van der Waals surface area contributed by atoms with Crippen molar-refractivity contribution in [1.29, 1.82) is 0 Å². The van der Waals surface area contributed by atoms with Gasteiger partial charge in [-0.25, -0.2) is 0 Å². The largest absolute Gasteiger partial charge is 0.335 e. The number of aromatic nitrogens is 2. The molecular formula is C16H16ClN3OS. The lowest BCUT2D eigenvalue weighted by Crippen LogP contribution is -2.24. The topological polar surface area (TPSA) is 51.0 Å². The maximum atomic E-state index is 6.40. The fourth-order valence-electron chi connectivity index (χ4n) is 2.08. The van der Waals surface area contributed by atoms with Crippen LogP contribution in [-0.2, 0) is 6.42 Å². The zero-order valence-electron chi connectivity index (χ0n) is 12.3. The Morgan fingerprint density at radius 2 is 2.18 bits per heavy atom. The highest BCUT2D eigenvalue weighted by molar-refractivity contribution is 7.20. The van der Waals surface area contributed by atoms with E-state index >= 15 is 0 Å². The second-order valence-electron chi connectivity index (χ2n) is 5.05. The van der Waals surface area contributed by atoms with Crippen LogP contribution in [0.2, 0.25) is 5.02 Å². The van der Waals surface area contributed by atoms with Crippen LogP contribution in [0.15, 0.2) is 28.8 Å². The quantitative estimate of drug-likeness (QED) is 0.758. The van der Waals surface area contributed by atoms with Crippen LogP contribution in [0.5, 0.6) is 0 Å². The summed E-state index contributed by atoms with van der Waals surface area (Å²) in [6.07, 6.45) is 4.46. The van der Waals surface area contributed by atoms with Crippen LogP contribution in [0.1, 0.15) is 23.5 Å². The van der Waals surface area contributed by atoms with Gasteiger partial charge < -0.3 is 9.84 Å². The van der Waals surface area contributed by atoms with E-state index in [4.69, 9.17) is 16.1 Å². The van der Waals surface area contributed by atoms with Crippen molar-refractivity contribution in [3.8, 4) is 0 Å². The lowest BCUT2D eigenvalue weighted by molar-refractivity contribution is 0.400. The number of rotatable bonds is 5. The van der Waals surface area contributed by atoms with E-state index in [0.717, 1.165) is 21.7 Å². The molecule has 0 aliphatic heterocycles. The van der Waals surface area contributed by atoms with Crippen LogP contribution in [-0.4, -0.2) is 23.2 Å². The highest BCUT2D eigenvalue weighted by atomic mass is 35.5. The molecule has 3 rings (SSSR count). The average Bonchev–Trinajstić information content (AvgIpc) is 3.10. The van der Waals surface area contributed by atoms with Gasteiger partial charge in [-0.3, -0.25) is 0 Å². The summed E-state index contributed by atoms with van der Waals surface area (Å²) >= 11 is 8.05. The summed E-state index contributed by atoms with van der Waals surface area (Å²) in [5.74, 6) is 1.19. The van der Waals surface area contributed by atoms with Crippen molar-refractivity contribution in [2.45, 2.75) is 19.4 Å². The number of halogens is 1. The lowest BCUT2D eigenvalue weighted by Gasteiger charge is -2.04. The van der Waals surface area contributed by atoms with E-state index < -0.39 is 0 Å². The molecule has 0 aliphatic carbocycles. The third-order valence-corrected chi connectivity index (χ3v) is 5.06. The summed E-state index contributed by atoms with van der Waals surface area (Å²) < 4.78 is 6.40. The molecule has 0 fully saturated rings. The van der Waals surface area contributed by atoms with E-state index in [0.29, 0.717) is 17.8 Å². The minimum atomic E-state index is 0.312. The Hall–Kier alpha value is -1.69. The molecule has 114 valence electrons. The van der Waals surface area contributed by atoms with Crippen LogP contribution in [0.3, 0.4) is 0 Å². The lowest BCUT2D eigenvalue weighted by atomic mass is 10.2. The maximum absolute atomic E-state index is 6.40. The molecule has 22 heavy (non-hydrogen) atoms. The minimum absolute atomic E-state index is 0.312. The molecule has 3 aromatic rings. The van der Waals surface area contributed by atoms with E-state index in [1.165, 1.54) is 4.70 Å². The molecule has 1 N–H and O–H groups in total. The first-order valence-electron chi connectivity index (χ1n) is 7.02. The SMILES string of the molecule is CNC(C)Cc1noc(/C=C/c2sc3ccccc3c2Cl)n1. The molecule has 0 saturated carbocycles. The smallest absolute Gasteiger partial charge is 0.250 e. The highest BCUT2D eigenvalue weighted by Gasteiger charge is 2.09. The van der Waals surface area contributed by atoms with Gasteiger partial charge in [-0.15, -0.1) is 11.3 Å². The Labute approximate surface area is 137 Å². The van der Waals surface area contributed by atoms with Crippen LogP contribution in [0, 0.1) is 0 Å². The van der Waals surface area contributed by atoms with Gasteiger partial charge in [-0.1, -0.05) is 35.0 Å². The van der Waals surface area contributed by atoms with Crippen LogP contribution >= 0.6 is 22.9 Å². The molecule has 4 nitrogen and oxygen atoms in total. The maximum Gasteiger partial charge on any atom is 0.250 e. The minimum Gasteiger partial charge on any atom is -0.335 e. The monoisotopic (exact) mass is 333 g/mol. The normalized spacial score (nSPS) is 13.2. The first kappa shape index (κ1) is 15.2. The van der Waals surface area contributed by atoms with Crippen molar-refractivity contribution in [1.82, 2.24) is 15.5 Å². The zero-order chi connectivity index (χ0) is 15.5. The molecule has 0 bridgehead atoms. The predicted molar refractivity (Wildman–Crippen MR) is 92.3 cm³/mol. The van der Waals surface area contributed by atoms with Crippen molar-refractivity contribution in [3.63, 3.8) is 0 Å². The first-order chi connectivity index (χ1) is 10.7. The Morgan fingerprint density at radius 1 is 1.36 bits per heavy atom. The number of hydrogen-bond donors (Lipinski definition) is 1. The van der Waals surface area contributed by atoms with Gasteiger partial charge >= 0.3 is 0 Å². The molecule has 0 radical (unpaired) electrons. The van der Waals surface area contributed by atoms with Crippen molar-refractivity contribution in [2.24, 2.45) is 0 Å². The van der Waals surface area contributed by atoms with Gasteiger partial charge in [-0.05, 0) is 26.1 Å². The van der Waals surface area contributed by atoms with Crippen molar-refractivity contribution in [2.75, 3.05) is 7.05 Å². The number of hydrogen-bond acceptors (Lipinski definition) is 5. The molecular weight excluding hydrogens is 318 g/mol. The zero-order valence-corrected chi connectivity index (χ0v) is 13.9. The highest BCUT2D eigenvalue weighted by Crippen LogP contribution is 2.36. The van der Waals surface area contributed by atoms with Crippen molar-refractivity contribution < 1.29 is 4.52 Å². The Kier molecular flexibility index (Phi) is 4.57. The summed E-state index contributed by atoms with van der Waals surface area (Å²) in [4.78, 5) is 5.35. The Bertz CT molecular complexity index is 809. The van der Waals surface area contributed by atoms with Gasteiger partial charge in [0.05, 0.1) is 5.02 Å². The number of fused-ring (bicyclic) bond motifs is 1. The molecule has 0 saturated heterocycles.